The zero-order chi connectivity index (χ0) is 21.8. The van der Waals surface area contributed by atoms with E-state index in [9.17, 15) is 14.0 Å². The Hall–Kier alpha value is -2.74. The number of rotatable bonds is 6. The van der Waals surface area contributed by atoms with Gasteiger partial charge >= 0.3 is 5.97 Å². The number of ether oxygens (including phenoxy) is 2. The number of esters is 1. The van der Waals surface area contributed by atoms with Crippen molar-refractivity contribution in [1.82, 2.24) is 10.1 Å². The van der Waals surface area contributed by atoms with Crippen LogP contribution in [0.4, 0.5) is 4.39 Å². The molecule has 0 radical (unpaired) electrons. The van der Waals surface area contributed by atoms with Crippen molar-refractivity contribution in [3.63, 3.8) is 0 Å². The molecule has 3 heterocycles. The highest BCUT2D eigenvalue weighted by Gasteiger charge is 2.46. The van der Waals surface area contributed by atoms with E-state index in [1.165, 1.54) is 12.1 Å². The molecule has 1 aromatic carbocycles. The number of halogens is 1. The standard InChI is InChI=1S/C23H27FN2O5/c1-2-29-22(28)23(9-5-10-26(15-23)21(27)20-8-4-11-30-20)14-18-13-19(25-31-18)16-6-3-7-17(24)12-16/h3,6-7,12-13,20H,2,4-5,8-11,14-15H2,1H3/t20-,23-/m1/s1. The van der Waals surface area contributed by atoms with E-state index in [-0.39, 0.29) is 37.3 Å². The van der Waals surface area contributed by atoms with Crippen molar-refractivity contribution in [3.8, 4) is 11.3 Å². The molecule has 0 saturated carbocycles. The average Bonchev–Trinajstić information content (AvgIpc) is 3.46. The van der Waals surface area contributed by atoms with E-state index in [1.807, 2.05) is 0 Å². The molecular weight excluding hydrogens is 403 g/mol. The molecule has 2 aliphatic heterocycles. The van der Waals surface area contributed by atoms with Crippen molar-refractivity contribution >= 4 is 11.9 Å². The SMILES string of the molecule is CCOC(=O)[C@@]1(Cc2cc(-c3cccc(F)c3)no2)CCCN(C(=O)[C@H]2CCCO2)C1. The summed E-state index contributed by atoms with van der Waals surface area (Å²) in [7, 11) is 0. The maximum atomic E-state index is 13.6. The average molecular weight is 430 g/mol. The summed E-state index contributed by atoms with van der Waals surface area (Å²) in [5, 5.41) is 4.05. The number of amides is 1. The van der Waals surface area contributed by atoms with Gasteiger partial charge in [-0.2, -0.15) is 0 Å². The Morgan fingerprint density at radius 3 is 2.94 bits per heavy atom. The fourth-order valence-electron chi connectivity index (χ4n) is 4.48. The third kappa shape index (κ3) is 4.63. The van der Waals surface area contributed by atoms with Crippen LogP contribution in [0, 0.1) is 11.2 Å². The van der Waals surface area contributed by atoms with Crippen LogP contribution in [-0.4, -0.2) is 54.3 Å². The first-order valence-corrected chi connectivity index (χ1v) is 10.8. The molecule has 2 fully saturated rings. The van der Waals surface area contributed by atoms with Gasteiger partial charge < -0.3 is 18.9 Å². The van der Waals surface area contributed by atoms with E-state index in [0.29, 0.717) is 49.4 Å². The predicted octanol–water partition coefficient (Wildman–Crippen LogP) is 3.37. The molecule has 2 atom stereocenters. The quantitative estimate of drug-likeness (QED) is 0.654. The number of nitrogens with zero attached hydrogens (tertiary/aromatic N) is 2. The van der Waals surface area contributed by atoms with Crippen molar-refractivity contribution in [2.75, 3.05) is 26.3 Å². The highest BCUT2D eigenvalue weighted by molar-refractivity contribution is 5.83. The highest BCUT2D eigenvalue weighted by atomic mass is 19.1. The lowest BCUT2D eigenvalue weighted by molar-refractivity contribution is -0.162. The summed E-state index contributed by atoms with van der Waals surface area (Å²) in [6.07, 6.45) is 2.67. The molecule has 2 saturated heterocycles. The molecule has 0 bridgehead atoms. The van der Waals surface area contributed by atoms with Gasteiger partial charge in [-0.05, 0) is 44.7 Å². The fourth-order valence-corrected chi connectivity index (χ4v) is 4.48. The van der Waals surface area contributed by atoms with Crippen molar-refractivity contribution in [1.29, 1.82) is 0 Å². The maximum Gasteiger partial charge on any atom is 0.314 e. The van der Waals surface area contributed by atoms with Gasteiger partial charge in [0, 0.05) is 37.7 Å². The molecule has 1 amide bonds. The zero-order valence-electron chi connectivity index (χ0n) is 17.6. The van der Waals surface area contributed by atoms with Gasteiger partial charge in [-0.1, -0.05) is 17.3 Å². The van der Waals surface area contributed by atoms with Gasteiger partial charge in [0.1, 0.15) is 23.4 Å². The first-order valence-electron chi connectivity index (χ1n) is 10.8. The molecule has 0 aliphatic carbocycles. The largest absolute Gasteiger partial charge is 0.466 e. The van der Waals surface area contributed by atoms with Crippen molar-refractivity contribution in [3.05, 3.63) is 41.9 Å². The summed E-state index contributed by atoms with van der Waals surface area (Å²) in [6.45, 7) is 3.45. The summed E-state index contributed by atoms with van der Waals surface area (Å²) in [4.78, 5) is 27.7. The minimum atomic E-state index is -0.915. The van der Waals surface area contributed by atoms with Crippen LogP contribution in [-0.2, 0) is 25.5 Å². The lowest BCUT2D eigenvalue weighted by Crippen LogP contribution is -2.53. The molecular formula is C23H27FN2O5. The molecule has 1 aromatic heterocycles. The van der Waals surface area contributed by atoms with Crippen LogP contribution < -0.4 is 0 Å². The van der Waals surface area contributed by atoms with Gasteiger partial charge in [0.25, 0.3) is 5.91 Å². The van der Waals surface area contributed by atoms with Crippen LogP contribution in [0.3, 0.4) is 0 Å². The second kappa shape index (κ2) is 9.18. The Kier molecular flexibility index (Phi) is 6.36. The number of carbonyl (C=O) groups is 2. The number of carbonyl (C=O) groups excluding carboxylic acids is 2. The molecule has 2 aromatic rings. The van der Waals surface area contributed by atoms with E-state index >= 15 is 0 Å². The van der Waals surface area contributed by atoms with Gasteiger partial charge in [0.15, 0.2) is 0 Å². The van der Waals surface area contributed by atoms with Crippen LogP contribution >= 0.6 is 0 Å². The molecule has 0 unspecified atom stereocenters. The van der Waals surface area contributed by atoms with Crippen molar-refractivity contribution in [2.24, 2.45) is 5.41 Å². The first-order chi connectivity index (χ1) is 15.0. The molecule has 31 heavy (non-hydrogen) atoms. The highest BCUT2D eigenvalue weighted by Crippen LogP contribution is 2.37. The number of hydrogen-bond donors (Lipinski definition) is 0. The minimum absolute atomic E-state index is 0.0658. The Morgan fingerprint density at radius 1 is 1.32 bits per heavy atom. The van der Waals surface area contributed by atoms with Gasteiger partial charge in [0.05, 0.1) is 12.0 Å². The van der Waals surface area contributed by atoms with Crippen molar-refractivity contribution in [2.45, 2.75) is 45.1 Å². The second-order valence-electron chi connectivity index (χ2n) is 8.23. The van der Waals surface area contributed by atoms with Crippen LogP contribution in [0.25, 0.3) is 11.3 Å². The van der Waals surface area contributed by atoms with Crippen LogP contribution in [0.5, 0.6) is 0 Å². The normalized spacial score (nSPS) is 23.7. The fraction of sp³-hybridized carbons (Fsp3) is 0.522. The lowest BCUT2D eigenvalue weighted by Gasteiger charge is -2.41. The number of benzene rings is 1. The van der Waals surface area contributed by atoms with E-state index in [1.54, 1.807) is 30.0 Å². The summed E-state index contributed by atoms with van der Waals surface area (Å²) in [6, 6.07) is 7.81. The minimum Gasteiger partial charge on any atom is -0.466 e. The third-order valence-corrected chi connectivity index (χ3v) is 5.99. The van der Waals surface area contributed by atoms with Crippen LogP contribution in [0.15, 0.2) is 34.9 Å². The van der Waals surface area contributed by atoms with Gasteiger partial charge in [-0.25, -0.2) is 4.39 Å². The Labute approximate surface area is 180 Å². The Balaban J connectivity index is 1.56. The van der Waals surface area contributed by atoms with Crippen LogP contribution in [0.1, 0.15) is 38.4 Å². The van der Waals surface area contributed by atoms with E-state index < -0.39 is 11.5 Å². The second-order valence-corrected chi connectivity index (χ2v) is 8.23. The summed E-state index contributed by atoms with van der Waals surface area (Å²) in [5.41, 5.74) is 0.178. The molecule has 0 spiro atoms. The Bertz CT molecular complexity index is 940. The number of aromatic nitrogens is 1. The topological polar surface area (TPSA) is 81.9 Å². The third-order valence-electron chi connectivity index (χ3n) is 5.99. The maximum absolute atomic E-state index is 13.6. The van der Waals surface area contributed by atoms with Gasteiger partial charge in [-0.15, -0.1) is 0 Å². The summed E-state index contributed by atoms with van der Waals surface area (Å²) >= 11 is 0. The summed E-state index contributed by atoms with van der Waals surface area (Å²) in [5.74, 6) is -0.272. The zero-order valence-corrected chi connectivity index (χ0v) is 17.6. The van der Waals surface area contributed by atoms with E-state index in [4.69, 9.17) is 14.0 Å². The smallest absolute Gasteiger partial charge is 0.314 e. The van der Waals surface area contributed by atoms with Gasteiger partial charge in [0.2, 0.25) is 0 Å². The molecule has 166 valence electrons. The number of piperidine rings is 1. The lowest BCUT2D eigenvalue weighted by atomic mass is 9.76. The van der Waals surface area contributed by atoms with E-state index in [2.05, 4.69) is 5.16 Å². The first kappa shape index (κ1) is 21.5. The van der Waals surface area contributed by atoms with Crippen LogP contribution in [0.2, 0.25) is 0 Å². The molecule has 8 heteroatoms. The molecule has 7 nitrogen and oxygen atoms in total. The monoisotopic (exact) mass is 430 g/mol. The Morgan fingerprint density at radius 2 is 2.19 bits per heavy atom. The van der Waals surface area contributed by atoms with Crippen molar-refractivity contribution < 1.29 is 28.0 Å². The molecule has 2 aliphatic rings. The van der Waals surface area contributed by atoms with Gasteiger partial charge in [-0.3, -0.25) is 9.59 Å². The number of likely N-dealkylation sites (tertiary alicyclic amines) is 1. The molecule has 0 N–H and O–H groups in total. The number of hydrogen-bond acceptors (Lipinski definition) is 6. The van der Waals surface area contributed by atoms with E-state index in [0.717, 1.165) is 6.42 Å². The predicted molar refractivity (Wildman–Crippen MR) is 109 cm³/mol. The summed E-state index contributed by atoms with van der Waals surface area (Å²) < 4.78 is 30.0. The molecule has 4 rings (SSSR count).